The minimum Gasteiger partial charge on any atom is -0.376 e. The van der Waals surface area contributed by atoms with Gasteiger partial charge in [-0.15, -0.1) is 5.10 Å². The van der Waals surface area contributed by atoms with E-state index in [4.69, 9.17) is 0 Å². The molecule has 1 aliphatic heterocycles. The average molecular weight is 361 g/mol. The van der Waals surface area contributed by atoms with Gasteiger partial charge in [-0.1, -0.05) is 17.7 Å². The van der Waals surface area contributed by atoms with E-state index in [9.17, 15) is 8.42 Å². The highest BCUT2D eigenvalue weighted by molar-refractivity contribution is 7.89. The first-order chi connectivity index (χ1) is 11.9. The van der Waals surface area contributed by atoms with Crippen molar-refractivity contribution in [3.05, 3.63) is 42.1 Å². The number of aromatic nitrogens is 2. The standard InChI is InChI=1S/C17H23N5O2S/c1-14-4-6-16(7-5-14)25(23,24)22-10-8-21(9-11-22)17-12-15(20(2)3)13-18-19-17/h4-7,12-13H,8-11H2,1-3H3. The zero-order valence-electron chi connectivity index (χ0n) is 14.8. The van der Waals surface area contributed by atoms with Gasteiger partial charge in [-0.05, 0) is 19.1 Å². The Morgan fingerprint density at radius 1 is 1.04 bits per heavy atom. The molecule has 3 rings (SSSR count). The predicted octanol–water partition coefficient (Wildman–Crippen LogP) is 1.36. The first-order valence-electron chi connectivity index (χ1n) is 8.20. The van der Waals surface area contributed by atoms with Crippen LogP contribution in [0, 0.1) is 6.92 Å². The number of anilines is 2. The molecule has 0 bridgehead atoms. The number of hydrogen-bond donors (Lipinski definition) is 0. The molecule has 0 radical (unpaired) electrons. The van der Waals surface area contributed by atoms with Crippen LogP contribution < -0.4 is 9.80 Å². The zero-order valence-corrected chi connectivity index (χ0v) is 15.6. The maximum Gasteiger partial charge on any atom is 0.243 e. The lowest BCUT2D eigenvalue weighted by Crippen LogP contribution is -2.49. The molecule has 0 atom stereocenters. The number of rotatable bonds is 4. The van der Waals surface area contributed by atoms with Gasteiger partial charge in [-0.2, -0.15) is 9.40 Å². The second-order valence-electron chi connectivity index (χ2n) is 6.37. The van der Waals surface area contributed by atoms with Crippen molar-refractivity contribution < 1.29 is 8.42 Å². The molecule has 0 spiro atoms. The number of hydrogen-bond acceptors (Lipinski definition) is 6. The van der Waals surface area contributed by atoms with E-state index in [1.807, 2.05) is 44.1 Å². The fourth-order valence-corrected chi connectivity index (χ4v) is 4.18. The summed E-state index contributed by atoms with van der Waals surface area (Å²) < 4.78 is 27.1. The van der Waals surface area contributed by atoms with Crippen LogP contribution in [0.2, 0.25) is 0 Å². The number of sulfonamides is 1. The van der Waals surface area contributed by atoms with E-state index in [0.717, 1.165) is 17.1 Å². The van der Waals surface area contributed by atoms with Crippen LogP contribution in [0.5, 0.6) is 0 Å². The lowest BCUT2D eigenvalue weighted by atomic mass is 10.2. The van der Waals surface area contributed by atoms with E-state index in [0.29, 0.717) is 31.1 Å². The molecule has 0 aliphatic carbocycles. The molecule has 0 N–H and O–H groups in total. The predicted molar refractivity (Wildman–Crippen MR) is 98.5 cm³/mol. The first-order valence-corrected chi connectivity index (χ1v) is 9.64. The molecule has 8 heteroatoms. The molecule has 25 heavy (non-hydrogen) atoms. The van der Waals surface area contributed by atoms with Gasteiger partial charge in [0.1, 0.15) is 0 Å². The summed E-state index contributed by atoms with van der Waals surface area (Å²) in [5.74, 6) is 0.776. The van der Waals surface area contributed by atoms with Gasteiger partial charge >= 0.3 is 0 Å². The van der Waals surface area contributed by atoms with Crippen LogP contribution in [0.15, 0.2) is 41.4 Å². The van der Waals surface area contributed by atoms with E-state index in [-0.39, 0.29) is 0 Å². The Hall–Kier alpha value is -2.19. The second-order valence-corrected chi connectivity index (χ2v) is 8.31. The summed E-state index contributed by atoms with van der Waals surface area (Å²) in [5.41, 5.74) is 2.02. The van der Waals surface area contributed by atoms with Crippen LogP contribution in [-0.4, -0.2) is 63.2 Å². The van der Waals surface area contributed by atoms with Crippen LogP contribution in [0.3, 0.4) is 0 Å². The Labute approximate surface area is 148 Å². The quantitative estimate of drug-likeness (QED) is 0.819. The highest BCUT2D eigenvalue weighted by Crippen LogP contribution is 2.22. The van der Waals surface area contributed by atoms with Crippen molar-refractivity contribution in [3.63, 3.8) is 0 Å². The molecule has 0 unspecified atom stereocenters. The Kier molecular flexibility index (Phi) is 4.91. The van der Waals surface area contributed by atoms with Crippen LogP contribution in [-0.2, 0) is 10.0 Å². The van der Waals surface area contributed by atoms with E-state index < -0.39 is 10.0 Å². The fraction of sp³-hybridized carbons (Fsp3) is 0.412. The van der Waals surface area contributed by atoms with Gasteiger partial charge in [-0.3, -0.25) is 0 Å². The Balaban J connectivity index is 1.71. The van der Waals surface area contributed by atoms with E-state index in [1.54, 1.807) is 18.3 Å². The molecule has 1 saturated heterocycles. The first kappa shape index (κ1) is 17.6. The summed E-state index contributed by atoms with van der Waals surface area (Å²) in [6, 6.07) is 8.96. The van der Waals surface area contributed by atoms with Gasteiger partial charge in [0.25, 0.3) is 0 Å². The van der Waals surface area contributed by atoms with Crippen LogP contribution >= 0.6 is 0 Å². The maximum absolute atomic E-state index is 12.8. The fourth-order valence-electron chi connectivity index (χ4n) is 2.76. The molecule has 2 aromatic rings. The van der Waals surface area contributed by atoms with Crippen LogP contribution in [0.4, 0.5) is 11.5 Å². The minimum atomic E-state index is -3.44. The number of aryl methyl sites for hydroxylation is 1. The number of piperazine rings is 1. The van der Waals surface area contributed by atoms with Crippen molar-refractivity contribution in [2.75, 3.05) is 50.1 Å². The van der Waals surface area contributed by atoms with Gasteiger partial charge in [0.05, 0.1) is 16.8 Å². The third-order valence-corrected chi connectivity index (χ3v) is 6.28. The molecule has 1 aliphatic rings. The normalized spacial score (nSPS) is 16.0. The van der Waals surface area contributed by atoms with E-state index in [1.165, 1.54) is 4.31 Å². The summed E-state index contributed by atoms with van der Waals surface area (Å²) in [6.07, 6.45) is 1.71. The Bertz CT molecular complexity index is 828. The third kappa shape index (κ3) is 3.74. The van der Waals surface area contributed by atoms with Crippen molar-refractivity contribution >= 4 is 21.5 Å². The molecule has 0 saturated carbocycles. The summed E-state index contributed by atoms with van der Waals surface area (Å²) in [4.78, 5) is 4.39. The van der Waals surface area contributed by atoms with Gasteiger partial charge in [0.15, 0.2) is 5.82 Å². The summed E-state index contributed by atoms with van der Waals surface area (Å²) in [5, 5.41) is 8.22. The number of nitrogens with zero attached hydrogens (tertiary/aromatic N) is 5. The molecule has 1 aromatic heterocycles. The van der Waals surface area contributed by atoms with Gasteiger partial charge in [0, 0.05) is 46.3 Å². The lowest BCUT2D eigenvalue weighted by Gasteiger charge is -2.34. The molecule has 1 aromatic carbocycles. The second kappa shape index (κ2) is 6.97. The molecule has 134 valence electrons. The van der Waals surface area contributed by atoms with E-state index in [2.05, 4.69) is 15.1 Å². The average Bonchev–Trinajstić information content (AvgIpc) is 2.62. The third-order valence-electron chi connectivity index (χ3n) is 4.36. The zero-order chi connectivity index (χ0) is 18.0. The van der Waals surface area contributed by atoms with Crippen molar-refractivity contribution in [1.82, 2.24) is 14.5 Å². The molecular weight excluding hydrogens is 338 g/mol. The SMILES string of the molecule is Cc1ccc(S(=O)(=O)N2CCN(c3cc(N(C)C)cnn3)CC2)cc1. The lowest BCUT2D eigenvalue weighted by molar-refractivity contribution is 0.383. The molecular formula is C17H23N5O2S. The minimum absolute atomic E-state index is 0.348. The Morgan fingerprint density at radius 2 is 1.68 bits per heavy atom. The topological polar surface area (TPSA) is 69.6 Å². The molecule has 0 amide bonds. The van der Waals surface area contributed by atoms with Gasteiger partial charge in [-0.25, -0.2) is 8.42 Å². The van der Waals surface area contributed by atoms with Crippen molar-refractivity contribution in [3.8, 4) is 0 Å². The summed E-state index contributed by atoms with van der Waals surface area (Å²) >= 11 is 0. The smallest absolute Gasteiger partial charge is 0.243 e. The molecule has 1 fully saturated rings. The maximum atomic E-state index is 12.8. The van der Waals surface area contributed by atoms with Crippen LogP contribution in [0.1, 0.15) is 5.56 Å². The van der Waals surface area contributed by atoms with Crippen molar-refractivity contribution in [2.45, 2.75) is 11.8 Å². The monoisotopic (exact) mass is 361 g/mol. The summed E-state index contributed by atoms with van der Waals surface area (Å²) in [7, 11) is 0.459. The van der Waals surface area contributed by atoms with Gasteiger partial charge in [0.2, 0.25) is 10.0 Å². The summed E-state index contributed by atoms with van der Waals surface area (Å²) in [6.45, 7) is 4.00. The Morgan fingerprint density at radius 3 is 2.28 bits per heavy atom. The van der Waals surface area contributed by atoms with Crippen LogP contribution in [0.25, 0.3) is 0 Å². The largest absolute Gasteiger partial charge is 0.376 e. The van der Waals surface area contributed by atoms with Crippen molar-refractivity contribution in [2.24, 2.45) is 0 Å². The highest BCUT2D eigenvalue weighted by Gasteiger charge is 2.29. The molecule has 7 nitrogen and oxygen atoms in total. The van der Waals surface area contributed by atoms with E-state index >= 15 is 0 Å². The molecule has 2 heterocycles. The van der Waals surface area contributed by atoms with Gasteiger partial charge < -0.3 is 9.80 Å². The van der Waals surface area contributed by atoms with Crippen molar-refractivity contribution in [1.29, 1.82) is 0 Å². The number of benzene rings is 1. The highest BCUT2D eigenvalue weighted by atomic mass is 32.2.